The number of hydrogen-bond acceptors (Lipinski definition) is 4. The molecule has 0 fully saturated rings. The fourth-order valence-electron chi connectivity index (χ4n) is 2.29. The minimum atomic E-state index is 0.740. The first-order valence-corrected chi connectivity index (χ1v) is 7.82. The smallest absolute Gasteiger partial charge is 0.160 e. The fourth-order valence-corrected chi connectivity index (χ4v) is 4.27. The summed E-state index contributed by atoms with van der Waals surface area (Å²) in [6.45, 7) is 0. The number of thiazole rings is 1. The van der Waals surface area contributed by atoms with Crippen LogP contribution < -0.4 is 0 Å². The number of rotatable bonds is 2. The molecule has 4 aromatic rings. The average Bonchev–Trinajstić information content (AvgIpc) is 3.13. The first-order valence-electron chi connectivity index (χ1n) is 6.19. The Kier molecular flexibility index (Phi) is 2.65. The van der Waals surface area contributed by atoms with Crippen LogP contribution in [0, 0.1) is 0 Å². The van der Waals surface area contributed by atoms with E-state index >= 15 is 0 Å². The van der Waals surface area contributed by atoms with Gasteiger partial charge in [0, 0.05) is 5.39 Å². The molecule has 0 saturated carbocycles. The quantitative estimate of drug-likeness (QED) is 0.488. The molecule has 4 heteroatoms. The van der Waals surface area contributed by atoms with E-state index in [9.17, 15) is 4.79 Å². The topological polar surface area (TPSA) is 30.0 Å². The first-order chi connectivity index (χ1) is 9.85. The highest BCUT2D eigenvalue weighted by Crippen LogP contribution is 2.37. The van der Waals surface area contributed by atoms with Crippen molar-refractivity contribution in [1.29, 1.82) is 0 Å². The highest BCUT2D eigenvalue weighted by Gasteiger charge is 2.10. The molecule has 0 amide bonds. The van der Waals surface area contributed by atoms with Gasteiger partial charge >= 0.3 is 0 Å². The zero-order valence-electron chi connectivity index (χ0n) is 10.4. The highest BCUT2D eigenvalue weighted by atomic mass is 32.1. The van der Waals surface area contributed by atoms with E-state index in [1.54, 1.807) is 11.3 Å². The van der Waals surface area contributed by atoms with Gasteiger partial charge < -0.3 is 0 Å². The molecule has 0 unspecified atom stereocenters. The number of hydrogen-bond donors (Lipinski definition) is 0. The van der Waals surface area contributed by atoms with Gasteiger partial charge in [-0.25, -0.2) is 4.98 Å². The second-order valence-corrected chi connectivity index (χ2v) is 6.59. The highest BCUT2D eigenvalue weighted by molar-refractivity contribution is 7.26. The van der Waals surface area contributed by atoms with Crippen LogP contribution in [0.3, 0.4) is 0 Å². The normalized spacial score (nSPS) is 11.2. The maximum absolute atomic E-state index is 10.8. The SMILES string of the molecule is O=Cc1ccc(-c2nc3ccc4ccccc4c3s2)s1. The van der Waals surface area contributed by atoms with E-state index in [0.29, 0.717) is 0 Å². The summed E-state index contributed by atoms with van der Waals surface area (Å²) in [5.74, 6) is 0. The van der Waals surface area contributed by atoms with E-state index in [2.05, 4.69) is 30.3 Å². The summed E-state index contributed by atoms with van der Waals surface area (Å²) in [6, 6.07) is 16.3. The predicted molar refractivity (Wildman–Crippen MR) is 85.8 cm³/mol. The van der Waals surface area contributed by atoms with Gasteiger partial charge in [-0.3, -0.25) is 4.79 Å². The third kappa shape index (κ3) is 1.77. The lowest BCUT2D eigenvalue weighted by Crippen LogP contribution is -1.72. The summed E-state index contributed by atoms with van der Waals surface area (Å²) in [5.41, 5.74) is 1.02. The van der Waals surface area contributed by atoms with E-state index in [-0.39, 0.29) is 0 Å². The average molecular weight is 295 g/mol. The minimum absolute atomic E-state index is 0.740. The lowest BCUT2D eigenvalue weighted by Gasteiger charge is -1.96. The Balaban J connectivity index is 1.98. The standard InChI is InChI=1S/C16H9NOS2/c18-9-11-6-8-14(19-11)16-17-13-7-5-10-3-1-2-4-12(10)15(13)20-16/h1-9H. The second-order valence-electron chi connectivity index (χ2n) is 4.47. The van der Waals surface area contributed by atoms with E-state index < -0.39 is 0 Å². The number of nitrogens with zero attached hydrogens (tertiary/aromatic N) is 1. The molecule has 0 radical (unpaired) electrons. The second kappa shape index (κ2) is 4.51. The van der Waals surface area contributed by atoms with Gasteiger partial charge in [-0.2, -0.15) is 0 Å². The zero-order valence-corrected chi connectivity index (χ0v) is 12.0. The van der Waals surface area contributed by atoms with Crippen molar-refractivity contribution in [3.8, 4) is 9.88 Å². The van der Waals surface area contributed by atoms with Gasteiger partial charge in [0.05, 0.1) is 20.0 Å². The zero-order chi connectivity index (χ0) is 13.5. The molecule has 0 aliphatic carbocycles. The molecule has 0 N–H and O–H groups in total. The molecule has 0 bridgehead atoms. The molecule has 20 heavy (non-hydrogen) atoms. The van der Waals surface area contributed by atoms with E-state index in [4.69, 9.17) is 4.98 Å². The van der Waals surface area contributed by atoms with Crippen LogP contribution in [0.15, 0.2) is 48.5 Å². The maximum Gasteiger partial charge on any atom is 0.160 e. The van der Waals surface area contributed by atoms with Gasteiger partial charge in [-0.15, -0.1) is 22.7 Å². The Morgan fingerprint density at radius 2 is 1.85 bits per heavy atom. The maximum atomic E-state index is 10.8. The van der Waals surface area contributed by atoms with Crippen LogP contribution >= 0.6 is 22.7 Å². The van der Waals surface area contributed by atoms with Crippen LogP contribution in [-0.4, -0.2) is 11.3 Å². The molecule has 0 spiro atoms. The number of carbonyl (C=O) groups excluding carboxylic acids is 1. The summed E-state index contributed by atoms with van der Waals surface area (Å²) >= 11 is 3.17. The first kappa shape index (κ1) is 11.8. The van der Waals surface area contributed by atoms with Crippen LogP contribution in [0.25, 0.3) is 30.9 Å². The number of benzene rings is 2. The Morgan fingerprint density at radius 1 is 0.950 bits per heavy atom. The Labute approximate surface area is 123 Å². The largest absolute Gasteiger partial charge is 0.297 e. The van der Waals surface area contributed by atoms with E-state index in [1.165, 1.54) is 26.8 Å². The van der Waals surface area contributed by atoms with Crippen molar-refractivity contribution in [3.05, 3.63) is 53.4 Å². The third-order valence-electron chi connectivity index (χ3n) is 3.23. The molecule has 0 aliphatic heterocycles. The molecule has 2 aromatic heterocycles. The number of carbonyl (C=O) groups is 1. The van der Waals surface area contributed by atoms with Crippen LogP contribution in [0.4, 0.5) is 0 Å². The van der Waals surface area contributed by atoms with Gasteiger partial charge in [-0.1, -0.05) is 30.3 Å². The van der Waals surface area contributed by atoms with Crippen molar-refractivity contribution in [1.82, 2.24) is 4.98 Å². The van der Waals surface area contributed by atoms with Crippen LogP contribution in [0.2, 0.25) is 0 Å². The Bertz CT molecular complexity index is 936. The van der Waals surface area contributed by atoms with E-state index in [0.717, 1.165) is 26.6 Å². The Morgan fingerprint density at radius 3 is 2.70 bits per heavy atom. The monoisotopic (exact) mass is 295 g/mol. The molecule has 4 rings (SSSR count). The molecule has 0 atom stereocenters. The molecule has 96 valence electrons. The molecular formula is C16H9NOS2. The predicted octanol–water partition coefficient (Wildman–Crippen LogP) is 4.99. The van der Waals surface area contributed by atoms with Crippen molar-refractivity contribution >= 4 is 49.9 Å². The van der Waals surface area contributed by atoms with Gasteiger partial charge in [0.2, 0.25) is 0 Å². The molecule has 0 saturated heterocycles. The van der Waals surface area contributed by atoms with Crippen molar-refractivity contribution in [2.75, 3.05) is 0 Å². The van der Waals surface area contributed by atoms with Crippen molar-refractivity contribution in [3.63, 3.8) is 0 Å². The summed E-state index contributed by atoms with van der Waals surface area (Å²) in [4.78, 5) is 17.3. The molecule has 2 aromatic carbocycles. The van der Waals surface area contributed by atoms with Crippen LogP contribution in [0.1, 0.15) is 9.67 Å². The van der Waals surface area contributed by atoms with Crippen LogP contribution in [-0.2, 0) is 0 Å². The number of thiophene rings is 1. The number of aromatic nitrogens is 1. The summed E-state index contributed by atoms with van der Waals surface area (Å²) in [7, 11) is 0. The lowest BCUT2D eigenvalue weighted by molar-refractivity contribution is 0.112. The molecule has 2 nitrogen and oxygen atoms in total. The van der Waals surface area contributed by atoms with Gasteiger partial charge in [0.1, 0.15) is 5.01 Å². The summed E-state index contributed by atoms with van der Waals surface area (Å²) < 4.78 is 1.21. The number of aldehydes is 1. The van der Waals surface area contributed by atoms with Crippen molar-refractivity contribution < 1.29 is 4.79 Å². The molecular weight excluding hydrogens is 286 g/mol. The van der Waals surface area contributed by atoms with Crippen molar-refractivity contribution in [2.45, 2.75) is 0 Å². The van der Waals surface area contributed by atoms with E-state index in [1.807, 2.05) is 18.2 Å². The molecule has 2 heterocycles. The van der Waals surface area contributed by atoms with Crippen molar-refractivity contribution in [2.24, 2.45) is 0 Å². The van der Waals surface area contributed by atoms with Crippen LogP contribution in [0.5, 0.6) is 0 Å². The Hall–Kier alpha value is -2.04. The summed E-state index contributed by atoms with van der Waals surface area (Å²) in [6.07, 6.45) is 0.886. The minimum Gasteiger partial charge on any atom is -0.297 e. The van der Waals surface area contributed by atoms with Gasteiger partial charge in [-0.05, 0) is 23.6 Å². The van der Waals surface area contributed by atoms with Gasteiger partial charge in [0.25, 0.3) is 0 Å². The fraction of sp³-hybridized carbons (Fsp3) is 0. The summed E-state index contributed by atoms with van der Waals surface area (Å²) in [5, 5.41) is 3.45. The third-order valence-corrected chi connectivity index (χ3v) is 5.52. The molecule has 0 aliphatic rings. The number of fused-ring (bicyclic) bond motifs is 3. The lowest BCUT2D eigenvalue weighted by atomic mass is 10.1. The van der Waals surface area contributed by atoms with Gasteiger partial charge in [0.15, 0.2) is 6.29 Å².